The Morgan fingerprint density at radius 1 is 1.04 bits per heavy atom. The van der Waals surface area contributed by atoms with Gasteiger partial charge in [-0.05, 0) is 30.7 Å². The quantitative estimate of drug-likeness (QED) is 0.572. The summed E-state index contributed by atoms with van der Waals surface area (Å²) in [4.78, 5) is 8.21. The number of anilines is 1. The van der Waals surface area contributed by atoms with Crippen LogP contribution in [0.3, 0.4) is 0 Å². The number of benzene rings is 1. The molecule has 0 saturated heterocycles. The predicted molar refractivity (Wildman–Crippen MR) is 89.3 cm³/mol. The van der Waals surface area contributed by atoms with E-state index in [1.807, 2.05) is 34.9 Å². The fourth-order valence-corrected chi connectivity index (χ4v) is 2.71. The van der Waals surface area contributed by atoms with E-state index < -0.39 is 0 Å². The van der Waals surface area contributed by atoms with E-state index in [4.69, 9.17) is 0 Å². The first kappa shape index (κ1) is 14.5. The van der Waals surface area contributed by atoms with Crippen molar-refractivity contribution in [3.8, 4) is 0 Å². The number of aromatic nitrogens is 5. The van der Waals surface area contributed by atoms with E-state index in [2.05, 4.69) is 25.5 Å². The molecule has 4 aromatic rings. The topological polar surface area (TPSA) is 68.0 Å². The molecule has 7 heteroatoms. The standard InChI is InChI=1S/C17H15FN6/c18-13-6-3-5-12-16(13)20-11-21-17(12)19-9-4-8-15-23-22-14-7-1-2-10-24(14)15/h1-3,5-7,10-11H,4,8-9H2,(H,19,20,21). The minimum absolute atomic E-state index is 0.332. The zero-order valence-electron chi connectivity index (χ0n) is 12.9. The van der Waals surface area contributed by atoms with Gasteiger partial charge in [0.15, 0.2) is 5.65 Å². The van der Waals surface area contributed by atoms with Crippen LogP contribution in [0.1, 0.15) is 12.2 Å². The van der Waals surface area contributed by atoms with Crippen molar-refractivity contribution in [2.75, 3.05) is 11.9 Å². The van der Waals surface area contributed by atoms with E-state index in [1.54, 1.807) is 6.07 Å². The van der Waals surface area contributed by atoms with Crippen LogP contribution in [0, 0.1) is 5.82 Å². The third-order valence-corrected chi connectivity index (χ3v) is 3.87. The number of aryl methyl sites for hydroxylation is 1. The van der Waals surface area contributed by atoms with Crippen LogP contribution < -0.4 is 5.32 Å². The molecule has 120 valence electrons. The lowest BCUT2D eigenvalue weighted by molar-refractivity contribution is 0.636. The molecule has 0 fully saturated rings. The summed E-state index contributed by atoms with van der Waals surface area (Å²) in [7, 11) is 0. The number of hydrogen-bond donors (Lipinski definition) is 1. The van der Waals surface area contributed by atoms with Crippen molar-refractivity contribution in [2.45, 2.75) is 12.8 Å². The highest BCUT2D eigenvalue weighted by atomic mass is 19.1. The normalized spacial score (nSPS) is 11.2. The summed E-state index contributed by atoms with van der Waals surface area (Å²) in [5, 5.41) is 12.3. The number of pyridine rings is 1. The van der Waals surface area contributed by atoms with Crippen molar-refractivity contribution in [1.29, 1.82) is 0 Å². The van der Waals surface area contributed by atoms with Crippen molar-refractivity contribution in [3.05, 3.63) is 60.6 Å². The lowest BCUT2D eigenvalue weighted by Gasteiger charge is -2.08. The Bertz CT molecular complexity index is 997. The molecule has 0 atom stereocenters. The molecule has 24 heavy (non-hydrogen) atoms. The molecule has 0 spiro atoms. The highest BCUT2D eigenvalue weighted by Gasteiger charge is 2.07. The monoisotopic (exact) mass is 322 g/mol. The molecule has 1 N–H and O–H groups in total. The number of hydrogen-bond acceptors (Lipinski definition) is 5. The van der Waals surface area contributed by atoms with Gasteiger partial charge in [-0.25, -0.2) is 14.4 Å². The molecule has 3 heterocycles. The van der Waals surface area contributed by atoms with Crippen LogP contribution >= 0.6 is 0 Å². The number of para-hydroxylation sites is 1. The van der Waals surface area contributed by atoms with Gasteiger partial charge < -0.3 is 5.32 Å². The van der Waals surface area contributed by atoms with Gasteiger partial charge in [-0.1, -0.05) is 12.1 Å². The molecule has 0 radical (unpaired) electrons. The van der Waals surface area contributed by atoms with Crippen molar-refractivity contribution in [1.82, 2.24) is 24.6 Å². The number of nitrogens with one attached hydrogen (secondary N) is 1. The second-order valence-electron chi connectivity index (χ2n) is 5.43. The molecule has 6 nitrogen and oxygen atoms in total. The van der Waals surface area contributed by atoms with Crippen LogP contribution in [-0.2, 0) is 6.42 Å². The fourth-order valence-electron chi connectivity index (χ4n) is 2.71. The van der Waals surface area contributed by atoms with Gasteiger partial charge in [0.1, 0.15) is 29.3 Å². The van der Waals surface area contributed by atoms with Gasteiger partial charge in [-0.2, -0.15) is 0 Å². The van der Waals surface area contributed by atoms with Crippen LogP contribution in [0.25, 0.3) is 16.6 Å². The zero-order chi connectivity index (χ0) is 16.4. The van der Waals surface area contributed by atoms with Crippen LogP contribution in [0.2, 0.25) is 0 Å². The van der Waals surface area contributed by atoms with Crippen molar-refractivity contribution < 1.29 is 4.39 Å². The Labute approximate surface area is 137 Å². The summed E-state index contributed by atoms with van der Waals surface area (Å²) in [5.74, 6) is 1.23. The van der Waals surface area contributed by atoms with Gasteiger partial charge in [0, 0.05) is 24.5 Å². The van der Waals surface area contributed by atoms with E-state index >= 15 is 0 Å². The maximum atomic E-state index is 13.8. The molecular weight excluding hydrogens is 307 g/mol. The summed E-state index contributed by atoms with van der Waals surface area (Å²) < 4.78 is 15.7. The minimum atomic E-state index is -0.340. The average molecular weight is 322 g/mol. The van der Waals surface area contributed by atoms with E-state index in [0.717, 1.165) is 24.3 Å². The van der Waals surface area contributed by atoms with Crippen molar-refractivity contribution >= 4 is 22.4 Å². The molecule has 0 aliphatic heterocycles. The van der Waals surface area contributed by atoms with Gasteiger partial charge in [0.25, 0.3) is 0 Å². The molecule has 0 amide bonds. The Balaban J connectivity index is 1.44. The van der Waals surface area contributed by atoms with Gasteiger partial charge >= 0.3 is 0 Å². The molecule has 0 saturated carbocycles. The van der Waals surface area contributed by atoms with Crippen LogP contribution in [0.4, 0.5) is 10.2 Å². The number of fused-ring (bicyclic) bond motifs is 2. The summed E-state index contributed by atoms with van der Waals surface area (Å²) in [6.45, 7) is 0.699. The molecule has 1 aromatic carbocycles. The number of nitrogens with zero attached hydrogens (tertiary/aromatic N) is 5. The number of rotatable bonds is 5. The predicted octanol–water partition coefficient (Wildman–Crippen LogP) is 2.86. The minimum Gasteiger partial charge on any atom is -0.369 e. The second-order valence-corrected chi connectivity index (χ2v) is 5.43. The molecule has 0 bridgehead atoms. The Kier molecular flexibility index (Phi) is 3.74. The largest absolute Gasteiger partial charge is 0.369 e. The highest BCUT2D eigenvalue weighted by Crippen LogP contribution is 2.21. The third kappa shape index (κ3) is 2.64. The first-order valence-electron chi connectivity index (χ1n) is 7.75. The Morgan fingerprint density at radius 2 is 2.00 bits per heavy atom. The van der Waals surface area contributed by atoms with Crippen molar-refractivity contribution in [3.63, 3.8) is 0 Å². The van der Waals surface area contributed by atoms with Gasteiger partial charge in [-0.15, -0.1) is 10.2 Å². The molecule has 3 aromatic heterocycles. The first-order chi connectivity index (χ1) is 11.8. The van der Waals surface area contributed by atoms with Crippen LogP contribution in [-0.4, -0.2) is 31.1 Å². The van der Waals surface area contributed by atoms with E-state index in [0.29, 0.717) is 23.3 Å². The lowest BCUT2D eigenvalue weighted by Crippen LogP contribution is -2.07. The SMILES string of the molecule is Fc1cccc2c(NCCCc3nnc4ccccn34)ncnc12. The summed E-state index contributed by atoms with van der Waals surface area (Å²) >= 11 is 0. The van der Waals surface area contributed by atoms with Crippen LogP contribution in [0.15, 0.2) is 48.9 Å². The summed E-state index contributed by atoms with van der Waals surface area (Å²) in [6.07, 6.45) is 4.98. The van der Waals surface area contributed by atoms with Gasteiger partial charge in [0.2, 0.25) is 0 Å². The lowest BCUT2D eigenvalue weighted by atomic mass is 10.2. The van der Waals surface area contributed by atoms with E-state index in [9.17, 15) is 4.39 Å². The highest BCUT2D eigenvalue weighted by molar-refractivity contribution is 5.89. The Morgan fingerprint density at radius 3 is 2.96 bits per heavy atom. The molecule has 0 unspecified atom stereocenters. The van der Waals surface area contributed by atoms with Gasteiger partial charge in [-0.3, -0.25) is 4.40 Å². The van der Waals surface area contributed by atoms with Crippen molar-refractivity contribution in [2.24, 2.45) is 0 Å². The summed E-state index contributed by atoms with van der Waals surface area (Å²) in [5.41, 5.74) is 1.18. The fraction of sp³-hybridized carbons (Fsp3) is 0.176. The maximum absolute atomic E-state index is 13.8. The molecule has 0 aliphatic rings. The molecule has 4 rings (SSSR count). The smallest absolute Gasteiger partial charge is 0.160 e. The molecule has 0 aliphatic carbocycles. The summed E-state index contributed by atoms with van der Waals surface area (Å²) in [6, 6.07) is 10.7. The second kappa shape index (κ2) is 6.19. The molecular formula is C17H15FN6. The van der Waals surface area contributed by atoms with E-state index in [-0.39, 0.29) is 5.82 Å². The third-order valence-electron chi connectivity index (χ3n) is 3.87. The average Bonchev–Trinajstić information content (AvgIpc) is 3.03. The maximum Gasteiger partial charge on any atom is 0.160 e. The van der Waals surface area contributed by atoms with Gasteiger partial charge in [0.05, 0.1) is 0 Å². The zero-order valence-corrected chi connectivity index (χ0v) is 12.9. The van der Waals surface area contributed by atoms with Crippen LogP contribution in [0.5, 0.6) is 0 Å². The van der Waals surface area contributed by atoms with E-state index in [1.165, 1.54) is 12.4 Å². The number of halogens is 1. The first-order valence-corrected chi connectivity index (χ1v) is 7.75. The Hall–Kier alpha value is -3.09.